The number of ether oxygens (including phenoxy) is 2. The van der Waals surface area contributed by atoms with Crippen molar-refractivity contribution in [3.63, 3.8) is 0 Å². The molecule has 3 aliphatic heterocycles. The zero-order valence-electron chi connectivity index (χ0n) is 20.4. The SMILES string of the molecule is COc1ccc(CCN2C(=O)[C@@H]3C(CCC(N)=O)NC4(C(=O)Nc5ccc(Cl)cc54)[C@@H]3C2=O)cc1OC. The van der Waals surface area contributed by atoms with Crippen LogP contribution in [0.3, 0.4) is 0 Å². The van der Waals surface area contributed by atoms with Crippen LogP contribution < -0.4 is 25.8 Å². The van der Waals surface area contributed by atoms with Crippen LogP contribution in [0.15, 0.2) is 36.4 Å². The Morgan fingerprint density at radius 3 is 2.54 bits per heavy atom. The summed E-state index contributed by atoms with van der Waals surface area (Å²) in [5, 5.41) is 6.49. The normalized spacial score (nSPS) is 25.9. The minimum Gasteiger partial charge on any atom is -0.493 e. The van der Waals surface area contributed by atoms with Gasteiger partial charge in [-0.2, -0.15) is 0 Å². The first-order valence-corrected chi connectivity index (χ1v) is 12.3. The van der Waals surface area contributed by atoms with Crippen molar-refractivity contribution in [2.75, 3.05) is 26.1 Å². The Kier molecular flexibility index (Phi) is 6.33. The largest absolute Gasteiger partial charge is 0.493 e. The highest BCUT2D eigenvalue weighted by atomic mass is 35.5. The number of fused-ring (bicyclic) bond motifs is 4. The van der Waals surface area contributed by atoms with Crippen LogP contribution in [0.2, 0.25) is 5.02 Å². The number of imide groups is 1. The van der Waals surface area contributed by atoms with Crippen LogP contribution in [0, 0.1) is 11.8 Å². The summed E-state index contributed by atoms with van der Waals surface area (Å²) in [4.78, 5) is 53.7. The molecule has 10 nitrogen and oxygen atoms in total. The first-order chi connectivity index (χ1) is 17.7. The smallest absolute Gasteiger partial charge is 0.250 e. The van der Waals surface area contributed by atoms with Crippen molar-refractivity contribution >= 4 is 40.9 Å². The maximum Gasteiger partial charge on any atom is 0.250 e. The predicted molar refractivity (Wildman–Crippen MR) is 134 cm³/mol. The molecule has 2 aromatic carbocycles. The number of methoxy groups -OCH3 is 2. The van der Waals surface area contributed by atoms with Gasteiger partial charge in [-0.25, -0.2) is 0 Å². The van der Waals surface area contributed by atoms with Gasteiger partial charge in [0.2, 0.25) is 23.6 Å². The number of carbonyl (C=O) groups is 4. The number of nitrogens with two attached hydrogens (primary N) is 1. The fourth-order valence-corrected chi connectivity index (χ4v) is 6.05. The van der Waals surface area contributed by atoms with Crippen molar-refractivity contribution in [1.29, 1.82) is 0 Å². The van der Waals surface area contributed by atoms with Crippen LogP contribution in [0.5, 0.6) is 11.5 Å². The zero-order chi connectivity index (χ0) is 26.5. The number of hydrogen-bond donors (Lipinski definition) is 3. The van der Waals surface area contributed by atoms with Crippen molar-refractivity contribution in [2.45, 2.75) is 30.8 Å². The second-order valence-electron chi connectivity index (χ2n) is 9.48. The van der Waals surface area contributed by atoms with E-state index in [9.17, 15) is 19.2 Å². The van der Waals surface area contributed by atoms with E-state index < -0.39 is 41.1 Å². The van der Waals surface area contributed by atoms with E-state index in [1.807, 2.05) is 6.07 Å². The molecule has 1 spiro atoms. The van der Waals surface area contributed by atoms with Crippen molar-refractivity contribution in [3.8, 4) is 11.5 Å². The minimum atomic E-state index is -1.47. The van der Waals surface area contributed by atoms with Gasteiger partial charge in [-0.1, -0.05) is 17.7 Å². The Balaban J connectivity index is 1.48. The number of likely N-dealkylation sites (tertiary alicyclic amines) is 1. The molecule has 0 bridgehead atoms. The number of rotatable bonds is 8. The lowest BCUT2D eigenvalue weighted by Crippen LogP contribution is -2.53. The Morgan fingerprint density at radius 2 is 1.84 bits per heavy atom. The number of halogens is 1. The van der Waals surface area contributed by atoms with Gasteiger partial charge in [-0.3, -0.25) is 29.4 Å². The third-order valence-corrected chi connectivity index (χ3v) is 7.78. The van der Waals surface area contributed by atoms with E-state index in [0.717, 1.165) is 5.56 Å². The Hall–Kier alpha value is -3.63. The monoisotopic (exact) mass is 526 g/mol. The highest BCUT2D eigenvalue weighted by Crippen LogP contribution is 2.53. The molecule has 2 fully saturated rings. The number of carbonyl (C=O) groups excluding carboxylic acids is 4. The molecule has 4 atom stereocenters. The summed E-state index contributed by atoms with van der Waals surface area (Å²) >= 11 is 6.26. The van der Waals surface area contributed by atoms with Gasteiger partial charge < -0.3 is 20.5 Å². The lowest BCUT2D eigenvalue weighted by Gasteiger charge is -2.29. The summed E-state index contributed by atoms with van der Waals surface area (Å²) in [5.74, 6) is -2.46. The van der Waals surface area contributed by atoms with Gasteiger partial charge in [-0.05, 0) is 48.7 Å². The Bertz CT molecular complexity index is 1320. The first-order valence-electron chi connectivity index (χ1n) is 11.9. The average molecular weight is 527 g/mol. The van der Waals surface area contributed by atoms with E-state index in [-0.39, 0.29) is 25.3 Å². The van der Waals surface area contributed by atoms with Crippen LogP contribution in [-0.4, -0.2) is 55.3 Å². The lowest BCUT2D eigenvalue weighted by molar-refractivity contribution is -0.142. The molecule has 0 aromatic heterocycles. The van der Waals surface area contributed by atoms with Crippen molar-refractivity contribution in [2.24, 2.45) is 17.6 Å². The fourth-order valence-electron chi connectivity index (χ4n) is 5.88. The summed E-state index contributed by atoms with van der Waals surface area (Å²) in [6, 6.07) is 9.76. The summed E-state index contributed by atoms with van der Waals surface area (Å²) in [6.07, 6.45) is 0.607. The molecule has 37 heavy (non-hydrogen) atoms. The highest BCUT2D eigenvalue weighted by Gasteiger charge is 2.70. The second kappa shape index (κ2) is 9.35. The molecule has 4 amide bonds. The Labute approximate surface area is 218 Å². The summed E-state index contributed by atoms with van der Waals surface area (Å²) in [7, 11) is 3.08. The summed E-state index contributed by atoms with van der Waals surface area (Å²) < 4.78 is 10.6. The van der Waals surface area contributed by atoms with Gasteiger partial charge >= 0.3 is 0 Å². The summed E-state index contributed by atoms with van der Waals surface area (Å²) in [5.41, 5.74) is 5.80. The molecule has 194 valence electrons. The molecule has 0 saturated carbocycles. The third-order valence-electron chi connectivity index (χ3n) is 7.54. The molecule has 5 rings (SSSR count). The maximum atomic E-state index is 13.8. The number of benzene rings is 2. The molecule has 3 aliphatic rings. The molecule has 2 unspecified atom stereocenters. The molecule has 4 N–H and O–H groups in total. The molecule has 0 aliphatic carbocycles. The number of nitrogens with zero attached hydrogens (tertiary/aromatic N) is 1. The molecule has 11 heteroatoms. The molecular formula is C26H27ClN4O6. The third kappa shape index (κ3) is 3.91. The average Bonchev–Trinajstić information content (AvgIpc) is 3.45. The van der Waals surface area contributed by atoms with Crippen LogP contribution in [-0.2, 0) is 31.1 Å². The summed E-state index contributed by atoms with van der Waals surface area (Å²) in [6.45, 7) is 0.128. The first kappa shape index (κ1) is 25.0. The topological polar surface area (TPSA) is 140 Å². The van der Waals surface area contributed by atoms with Gasteiger partial charge in [0.25, 0.3) is 0 Å². The van der Waals surface area contributed by atoms with Gasteiger partial charge in [-0.15, -0.1) is 0 Å². The quantitative estimate of drug-likeness (QED) is 0.444. The van der Waals surface area contributed by atoms with Crippen LogP contribution in [0.1, 0.15) is 24.0 Å². The van der Waals surface area contributed by atoms with Gasteiger partial charge in [0, 0.05) is 35.3 Å². The number of primary amides is 1. The number of anilines is 1. The van der Waals surface area contributed by atoms with Gasteiger partial charge in [0.15, 0.2) is 11.5 Å². The number of hydrogen-bond acceptors (Lipinski definition) is 7. The fraction of sp³-hybridized carbons (Fsp3) is 0.385. The van der Waals surface area contributed by atoms with Crippen LogP contribution in [0.25, 0.3) is 0 Å². The zero-order valence-corrected chi connectivity index (χ0v) is 21.1. The van der Waals surface area contributed by atoms with Crippen molar-refractivity contribution in [1.82, 2.24) is 10.2 Å². The van der Waals surface area contributed by atoms with Crippen LogP contribution in [0.4, 0.5) is 5.69 Å². The van der Waals surface area contributed by atoms with Crippen LogP contribution >= 0.6 is 11.6 Å². The van der Waals surface area contributed by atoms with E-state index in [4.69, 9.17) is 26.8 Å². The van der Waals surface area contributed by atoms with E-state index >= 15 is 0 Å². The van der Waals surface area contributed by atoms with Crippen molar-refractivity contribution in [3.05, 3.63) is 52.5 Å². The Morgan fingerprint density at radius 1 is 1.08 bits per heavy atom. The number of nitrogens with one attached hydrogen (secondary N) is 2. The van der Waals surface area contributed by atoms with Gasteiger partial charge in [0.05, 0.1) is 26.1 Å². The molecule has 2 aromatic rings. The molecular weight excluding hydrogens is 500 g/mol. The van der Waals surface area contributed by atoms with E-state index in [0.29, 0.717) is 34.2 Å². The number of amides is 4. The predicted octanol–water partition coefficient (Wildman–Crippen LogP) is 1.59. The van der Waals surface area contributed by atoms with Gasteiger partial charge in [0.1, 0.15) is 5.54 Å². The molecule has 2 saturated heterocycles. The molecule has 3 heterocycles. The maximum absolute atomic E-state index is 13.8. The van der Waals surface area contributed by atoms with Crippen molar-refractivity contribution < 1.29 is 28.7 Å². The minimum absolute atomic E-state index is 0.00804. The standard InChI is InChI=1S/C26H27ClN4O6/c1-36-18-7-3-13(11-19(18)37-2)9-10-31-23(33)21-17(6-8-20(28)32)30-26(22(21)24(31)34)15-12-14(27)4-5-16(15)29-25(26)35/h3-5,7,11-12,17,21-22,30H,6,8-10H2,1-2H3,(H2,28,32)(H,29,35)/t17?,21-,22+,26?/m1/s1. The van der Waals surface area contributed by atoms with E-state index in [1.165, 1.54) is 12.0 Å². The highest BCUT2D eigenvalue weighted by molar-refractivity contribution is 6.31. The second-order valence-corrected chi connectivity index (χ2v) is 9.92. The lowest BCUT2D eigenvalue weighted by atomic mass is 9.76. The van der Waals surface area contributed by atoms with E-state index in [2.05, 4.69) is 10.6 Å². The molecule has 0 radical (unpaired) electrons. The van der Waals surface area contributed by atoms with E-state index in [1.54, 1.807) is 37.4 Å².